The Morgan fingerprint density at radius 3 is 2.79 bits per heavy atom. The van der Waals surface area contributed by atoms with Gasteiger partial charge in [-0.05, 0) is 15.9 Å². The maximum Gasteiger partial charge on any atom is 0.159 e. The molecule has 0 saturated heterocycles. The van der Waals surface area contributed by atoms with Crippen LogP contribution < -0.4 is 5.73 Å². The van der Waals surface area contributed by atoms with Gasteiger partial charge < -0.3 is 5.73 Å². The molecule has 2 aromatic heterocycles. The summed E-state index contributed by atoms with van der Waals surface area (Å²) in [5.41, 5.74) is 6.43. The second-order valence-electron chi connectivity index (χ2n) is 2.89. The predicted octanol–water partition coefficient (Wildman–Crippen LogP) is 0.405. The van der Waals surface area contributed by atoms with E-state index in [4.69, 9.17) is 5.73 Å². The van der Waals surface area contributed by atoms with Crippen LogP contribution in [0.5, 0.6) is 0 Å². The molecule has 0 atom stereocenters. The van der Waals surface area contributed by atoms with E-state index < -0.39 is 0 Å². The summed E-state index contributed by atoms with van der Waals surface area (Å²) in [5, 5.41) is 12.2. The van der Waals surface area contributed by atoms with Crippen LogP contribution in [0, 0.1) is 0 Å². The van der Waals surface area contributed by atoms with Crippen molar-refractivity contribution in [3.63, 3.8) is 0 Å². The molecule has 0 spiro atoms. The summed E-state index contributed by atoms with van der Waals surface area (Å²) in [4.78, 5) is 1.51. The highest BCUT2D eigenvalue weighted by Gasteiger charge is 2.04. The maximum absolute atomic E-state index is 5.58. The van der Waals surface area contributed by atoms with Gasteiger partial charge in [-0.3, -0.25) is 4.68 Å². The van der Waals surface area contributed by atoms with Crippen LogP contribution in [0.3, 0.4) is 0 Å². The van der Waals surface area contributed by atoms with Crippen molar-refractivity contribution in [2.75, 3.05) is 5.73 Å². The molecule has 2 rings (SSSR count). The molecule has 0 amide bonds. The Labute approximate surface area is 88.8 Å². The molecule has 2 aromatic rings. The molecule has 2 N–H and O–H groups in total. The molecule has 0 aromatic carbocycles. The van der Waals surface area contributed by atoms with Crippen LogP contribution in [0.1, 0.15) is 5.69 Å². The van der Waals surface area contributed by atoms with Gasteiger partial charge in [0.2, 0.25) is 0 Å². The summed E-state index contributed by atoms with van der Waals surface area (Å²) in [7, 11) is 1.77. The van der Waals surface area contributed by atoms with E-state index in [1.165, 1.54) is 4.80 Å². The lowest BCUT2D eigenvalue weighted by Crippen LogP contribution is -2.02. The first-order valence-corrected chi connectivity index (χ1v) is 4.78. The van der Waals surface area contributed by atoms with Crippen molar-refractivity contribution < 1.29 is 0 Å². The first-order chi connectivity index (χ1) is 6.65. The van der Waals surface area contributed by atoms with E-state index in [0.29, 0.717) is 12.4 Å². The van der Waals surface area contributed by atoms with Crippen molar-refractivity contribution >= 4 is 21.7 Å². The summed E-state index contributed by atoms with van der Waals surface area (Å²) in [6, 6.07) is 0. The molecule has 0 radical (unpaired) electrons. The van der Waals surface area contributed by atoms with E-state index in [2.05, 4.69) is 31.2 Å². The average molecular weight is 257 g/mol. The summed E-state index contributed by atoms with van der Waals surface area (Å²) >= 11 is 3.29. The highest BCUT2D eigenvalue weighted by Crippen LogP contribution is 2.16. The molecule has 0 unspecified atom stereocenters. The molecule has 0 aliphatic rings. The molecule has 0 aliphatic carbocycles. The topological polar surface area (TPSA) is 74.5 Å². The van der Waals surface area contributed by atoms with Gasteiger partial charge in [0.1, 0.15) is 5.69 Å². The fourth-order valence-corrected chi connectivity index (χ4v) is 1.43. The minimum absolute atomic E-state index is 0.480. The van der Waals surface area contributed by atoms with Crippen molar-refractivity contribution in [3.05, 3.63) is 22.6 Å². The second kappa shape index (κ2) is 3.41. The van der Waals surface area contributed by atoms with Gasteiger partial charge >= 0.3 is 0 Å². The van der Waals surface area contributed by atoms with Crippen molar-refractivity contribution in [3.8, 4) is 0 Å². The molecule has 7 heteroatoms. The van der Waals surface area contributed by atoms with Crippen molar-refractivity contribution in [2.24, 2.45) is 7.05 Å². The lowest BCUT2D eigenvalue weighted by Gasteiger charge is -1.94. The fraction of sp³-hybridized carbons (Fsp3) is 0.286. The Hall–Kier alpha value is -1.37. The van der Waals surface area contributed by atoms with Crippen LogP contribution in [0.25, 0.3) is 0 Å². The maximum atomic E-state index is 5.58. The number of hydrogen-bond donors (Lipinski definition) is 1. The number of aromatic nitrogens is 5. The van der Waals surface area contributed by atoms with Gasteiger partial charge in [-0.2, -0.15) is 20.1 Å². The number of nitrogen functional groups attached to an aromatic ring is 1. The van der Waals surface area contributed by atoms with Crippen LogP contribution in [0.15, 0.2) is 16.9 Å². The predicted molar refractivity (Wildman–Crippen MR) is 54.4 cm³/mol. The number of nitrogens with zero attached hydrogens (tertiary/aromatic N) is 5. The number of nitrogens with two attached hydrogens (primary N) is 1. The van der Waals surface area contributed by atoms with E-state index >= 15 is 0 Å². The van der Waals surface area contributed by atoms with Crippen LogP contribution in [0.2, 0.25) is 0 Å². The SMILES string of the molecule is Cn1ncc(Cn2cc(Br)c(N)n2)n1. The number of halogens is 1. The number of hydrogen-bond acceptors (Lipinski definition) is 4. The first-order valence-electron chi connectivity index (χ1n) is 3.99. The Kier molecular flexibility index (Phi) is 2.24. The zero-order valence-electron chi connectivity index (χ0n) is 7.55. The largest absolute Gasteiger partial charge is 0.381 e. The van der Waals surface area contributed by atoms with Gasteiger partial charge in [-0.25, -0.2) is 0 Å². The molecular weight excluding hydrogens is 248 g/mol. The third-order valence-electron chi connectivity index (χ3n) is 1.71. The smallest absolute Gasteiger partial charge is 0.159 e. The van der Waals surface area contributed by atoms with Crippen molar-refractivity contribution in [1.82, 2.24) is 24.8 Å². The second-order valence-corrected chi connectivity index (χ2v) is 3.74. The number of rotatable bonds is 2. The lowest BCUT2D eigenvalue weighted by molar-refractivity contribution is 0.621. The number of aryl methyl sites for hydroxylation is 1. The fourth-order valence-electron chi connectivity index (χ4n) is 1.12. The zero-order valence-corrected chi connectivity index (χ0v) is 9.14. The Morgan fingerprint density at radius 2 is 2.29 bits per heavy atom. The van der Waals surface area contributed by atoms with Crippen LogP contribution in [-0.2, 0) is 13.6 Å². The molecule has 0 aliphatic heterocycles. The summed E-state index contributed by atoms with van der Waals surface area (Å²) in [5.74, 6) is 0.480. The van der Waals surface area contributed by atoms with Crippen LogP contribution >= 0.6 is 15.9 Å². The average Bonchev–Trinajstić information content (AvgIpc) is 2.62. The van der Waals surface area contributed by atoms with Crippen molar-refractivity contribution in [1.29, 1.82) is 0 Å². The van der Waals surface area contributed by atoms with Gasteiger partial charge in [-0.15, -0.1) is 0 Å². The van der Waals surface area contributed by atoms with E-state index in [1.54, 1.807) is 17.9 Å². The summed E-state index contributed by atoms with van der Waals surface area (Å²) < 4.78 is 2.50. The Bertz CT molecular complexity index is 425. The molecule has 2 heterocycles. The van der Waals surface area contributed by atoms with Gasteiger partial charge in [-0.1, -0.05) is 0 Å². The zero-order chi connectivity index (χ0) is 10.1. The molecule has 0 fully saturated rings. The normalized spacial score (nSPS) is 10.7. The first kappa shape index (κ1) is 9.20. The highest BCUT2D eigenvalue weighted by atomic mass is 79.9. The van der Waals surface area contributed by atoms with Gasteiger partial charge in [0.15, 0.2) is 5.82 Å². The minimum Gasteiger partial charge on any atom is -0.381 e. The summed E-state index contributed by atoms with van der Waals surface area (Å²) in [6.07, 6.45) is 3.51. The van der Waals surface area contributed by atoms with Gasteiger partial charge in [0, 0.05) is 13.2 Å². The number of anilines is 1. The monoisotopic (exact) mass is 256 g/mol. The molecular formula is C7H9BrN6. The van der Waals surface area contributed by atoms with E-state index in [0.717, 1.165) is 10.2 Å². The van der Waals surface area contributed by atoms with E-state index in [-0.39, 0.29) is 0 Å². The summed E-state index contributed by atoms with van der Waals surface area (Å²) in [6.45, 7) is 0.573. The third kappa shape index (κ3) is 1.77. The van der Waals surface area contributed by atoms with Crippen LogP contribution in [-0.4, -0.2) is 24.8 Å². The van der Waals surface area contributed by atoms with Crippen molar-refractivity contribution in [2.45, 2.75) is 6.54 Å². The molecule has 0 bridgehead atoms. The highest BCUT2D eigenvalue weighted by molar-refractivity contribution is 9.10. The molecule has 14 heavy (non-hydrogen) atoms. The van der Waals surface area contributed by atoms with Crippen LogP contribution in [0.4, 0.5) is 5.82 Å². The minimum atomic E-state index is 0.480. The molecule has 6 nitrogen and oxygen atoms in total. The third-order valence-corrected chi connectivity index (χ3v) is 2.33. The molecule has 0 saturated carbocycles. The van der Waals surface area contributed by atoms with Gasteiger partial charge in [0.25, 0.3) is 0 Å². The van der Waals surface area contributed by atoms with E-state index in [1.807, 2.05) is 6.20 Å². The van der Waals surface area contributed by atoms with E-state index in [9.17, 15) is 0 Å². The Balaban J connectivity index is 2.18. The molecule has 74 valence electrons. The standard InChI is InChI=1S/C7H9BrN6/c1-13-10-2-5(11-13)3-14-4-6(8)7(9)12-14/h2,4H,3H2,1H3,(H2,9,12). The quantitative estimate of drug-likeness (QED) is 0.845. The lowest BCUT2D eigenvalue weighted by atomic mass is 10.5. The van der Waals surface area contributed by atoms with Gasteiger partial charge in [0.05, 0.1) is 17.2 Å². The Morgan fingerprint density at radius 1 is 1.50 bits per heavy atom.